The fourth-order valence-electron chi connectivity index (χ4n) is 1.89. The van der Waals surface area contributed by atoms with Gasteiger partial charge in [0.1, 0.15) is 5.58 Å². The summed E-state index contributed by atoms with van der Waals surface area (Å²) in [5.41, 5.74) is 7.84. The van der Waals surface area contributed by atoms with E-state index in [2.05, 4.69) is 26.8 Å². The summed E-state index contributed by atoms with van der Waals surface area (Å²) in [5.74, 6) is 0. The Balaban J connectivity index is 1.90. The van der Waals surface area contributed by atoms with E-state index in [9.17, 15) is 4.79 Å². The molecular formula is C15H11BrN2O2. The van der Waals surface area contributed by atoms with E-state index in [-0.39, 0.29) is 5.63 Å². The minimum Gasteiger partial charge on any atom is -0.423 e. The first-order chi connectivity index (χ1) is 9.72. The lowest BCUT2D eigenvalue weighted by Gasteiger charge is -2.11. The molecule has 100 valence electrons. The summed E-state index contributed by atoms with van der Waals surface area (Å²) in [5, 5.41) is 0.844. The fourth-order valence-corrected chi connectivity index (χ4v) is 2.15. The molecule has 0 radical (unpaired) electrons. The first-order valence-corrected chi connectivity index (χ1v) is 6.82. The molecule has 5 heteroatoms. The van der Waals surface area contributed by atoms with Gasteiger partial charge in [-0.25, -0.2) is 4.79 Å². The van der Waals surface area contributed by atoms with Crippen molar-refractivity contribution in [1.82, 2.24) is 0 Å². The van der Waals surface area contributed by atoms with Gasteiger partial charge in [0.2, 0.25) is 0 Å². The molecule has 3 rings (SSSR count). The summed E-state index contributed by atoms with van der Waals surface area (Å²) < 4.78 is 6.15. The van der Waals surface area contributed by atoms with E-state index in [0.29, 0.717) is 11.3 Å². The Kier molecular flexibility index (Phi) is 3.43. The van der Waals surface area contributed by atoms with Gasteiger partial charge in [-0.3, -0.25) is 5.43 Å². The molecule has 0 atom stereocenters. The maximum Gasteiger partial charge on any atom is 0.338 e. The molecule has 0 aliphatic carbocycles. The van der Waals surface area contributed by atoms with E-state index in [0.717, 1.165) is 15.5 Å². The molecule has 0 spiro atoms. The van der Waals surface area contributed by atoms with Gasteiger partial charge in [-0.05, 0) is 36.4 Å². The molecule has 0 aliphatic heterocycles. The monoisotopic (exact) mass is 330 g/mol. The molecule has 0 aliphatic rings. The molecule has 0 saturated carbocycles. The lowest BCUT2D eigenvalue weighted by Crippen LogP contribution is -2.11. The number of anilines is 2. The Morgan fingerprint density at radius 2 is 1.70 bits per heavy atom. The normalized spacial score (nSPS) is 10.4. The molecule has 20 heavy (non-hydrogen) atoms. The zero-order valence-corrected chi connectivity index (χ0v) is 12.0. The molecular weight excluding hydrogens is 320 g/mol. The highest BCUT2D eigenvalue weighted by molar-refractivity contribution is 9.10. The van der Waals surface area contributed by atoms with Crippen LogP contribution in [-0.2, 0) is 0 Å². The van der Waals surface area contributed by atoms with E-state index < -0.39 is 0 Å². The smallest absolute Gasteiger partial charge is 0.338 e. The number of para-hydroxylation sites is 1. The average Bonchev–Trinajstić information content (AvgIpc) is 2.46. The third-order valence-electron chi connectivity index (χ3n) is 2.84. The van der Waals surface area contributed by atoms with Crippen LogP contribution in [0.25, 0.3) is 11.0 Å². The Bertz CT molecular complexity index is 797. The Hall–Kier alpha value is -2.27. The number of hydrazine groups is 1. The van der Waals surface area contributed by atoms with Crippen LogP contribution in [0.2, 0.25) is 0 Å². The zero-order valence-electron chi connectivity index (χ0n) is 10.4. The standard InChI is InChI=1S/C15H11BrN2O2/c16-10-5-7-11(8-6-10)17-18-13-9-15(19)20-14-4-2-1-3-12(13)14/h1-9,17-18H. The predicted octanol–water partition coefficient (Wildman–Crippen LogP) is 3.99. The number of nitrogens with one attached hydrogen (secondary N) is 2. The number of fused-ring (bicyclic) bond motifs is 1. The van der Waals surface area contributed by atoms with Crippen molar-refractivity contribution in [3.8, 4) is 0 Å². The van der Waals surface area contributed by atoms with Gasteiger partial charge in [-0.1, -0.05) is 28.1 Å². The van der Waals surface area contributed by atoms with E-state index >= 15 is 0 Å². The van der Waals surface area contributed by atoms with Crippen LogP contribution in [-0.4, -0.2) is 0 Å². The third-order valence-corrected chi connectivity index (χ3v) is 3.36. The summed E-state index contributed by atoms with van der Waals surface area (Å²) >= 11 is 3.38. The van der Waals surface area contributed by atoms with E-state index in [4.69, 9.17) is 4.42 Å². The molecule has 4 nitrogen and oxygen atoms in total. The molecule has 3 aromatic rings. The van der Waals surface area contributed by atoms with Crippen LogP contribution >= 0.6 is 15.9 Å². The first kappa shape index (κ1) is 12.7. The highest BCUT2D eigenvalue weighted by Crippen LogP contribution is 2.21. The molecule has 0 bridgehead atoms. The van der Waals surface area contributed by atoms with Crippen LogP contribution in [0.3, 0.4) is 0 Å². The molecule has 0 fully saturated rings. The van der Waals surface area contributed by atoms with Crippen LogP contribution in [0.1, 0.15) is 0 Å². The van der Waals surface area contributed by atoms with Crippen LogP contribution in [0.4, 0.5) is 11.4 Å². The summed E-state index contributed by atoms with van der Waals surface area (Å²) in [4.78, 5) is 11.5. The summed E-state index contributed by atoms with van der Waals surface area (Å²) in [6.45, 7) is 0. The van der Waals surface area contributed by atoms with Gasteiger partial charge in [0.05, 0.1) is 11.4 Å². The van der Waals surface area contributed by atoms with Crippen molar-refractivity contribution in [2.24, 2.45) is 0 Å². The number of hydrogen-bond donors (Lipinski definition) is 2. The van der Waals surface area contributed by atoms with Crippen LogP contribution < -0.4 is 16.5 Å². The van der Waals surface area contributed by atoms with E-state index in [1.165, 1.54) is 6.07 Å². The lowest BCUT2D eigenvalue weighted by molar-refractivity contribution is 0.561. The van der Waals surface area contributed by atoms with Crippen molar-refractivity contribution in [2.45, 2.75) is 0 Å². The number of benzene rings is 2. The first-order valence-electron chi connectivity index (χ1n) is 6.03. The zero-order chi connectivity index (χ0) is 13.9. The van der Waals surface area contributed by atoms with Gasteiger partial charge < -0.3 is 9.84 Å². The van der Waals surface area contributed by atoms with Gasteiger partial charge in [0.15, 0.2) is 0 Å². The highest BCUT2D eigenvalue weighted by Gasteiger charge is 2.04. The Morgan fingerprint density at radius 1 is 0.950 bits per heavy atom. The number of halogens is 1. The molecule has 1 aromatic heterocycles. The highest BCUT2D eigenvalue weighted by atomic mass is 79.9. The van der Waals surface area contributed by atoms with Crippen molar-refractivity contribution in [3.63, 3.8) is 0 Å². The van der Waals surface area contributed by atoms with Gasteiger partial charge in [-0.15, -0.1) is 0 Å². The second-order valence-electron chi connectivity index (χ2n) is 4.23. The molecule has 0 amide bonds. The Labute approximate surface area is 123 Å². The van der Waals surface area contributed by atoms with Crippen LogP contribution in [0.15, 0.2) is 68.3 Å². The van der Waals surface area contributed by atoms with Gasteiger partial charge in [0, 0.05) is 15.9 Å². The summed E-state index contributed by atoms with van der Waals surface area (Å²) in [6.07, 6.45) is 0. The fraction of sp³-hybridized carbons (Fsp3) is 0. The van der Waals surface area contributed by atoms with E-state index in [1.807, 2.05) is 42.5 Å². The molecule has 1 heterocycles. The SMILES string of the molecule is O=c1cc(NNc2ccc(Br)cc2)c2ccccc2o1. The van der Waals surface area contributed by atoms with Gasteiger partial charge in [0.25, 0.3) is 0 Å². The van der Waals surface area contributed by atoms with Crippen LogP contribution in [0, 0.1) is 0 Å². The summed E-state index contributed by atoms with van der Waals surface area (Å²) in [7, 11) is 0. The maximum absolute atomic E-state index is 11.5. The van der Waals surface area contributed by atoms with Gasteiger partial charge >= 0.3 is 5.63 Å². The van der Waals surface area contributed by atoms with Crippen molar-refractivity contribution in [2.75, 3.05) is 10.9 Å². The molecule has 0 saturated heterocycles. The molecule has 2 N–H and O–H groups in total. The van der Waals surface area contributed by atoms with Gasteiger partial charge in [-0.2, -0.15) is 0 Å². The second kappa shape index (κ2) is 5.38. The Morgan fingerprint density at radius 3 is 2.50 bits per heavy atom. The minimum absolute atomic E-state index is 0.385. The minimum atomic E-state index is -0.385. The quantitative estimate of drug-likeness (QED) is 0.563. The predicted molar refractivity (Wildman–Crippen MR) is 83.9 cm³/mol. The summed E-state index contributed by atoms with van der Waals surface area (Å²) in [6, 6.07) is 16.5. The second-order valence-corrected chi connectivity index (χ2v) is 5.15. The van der Waals surface area contributed by atoms with Crippen molar-refractivity contribution in [1.29, 1.82) is 0 Å². The largest absolute Gasteiger partial charge is 0.423 e. The van der Waals surface area contributed by atoms with Crippen molar-refractivity contribution >= 4 is 38.3 Å². The molecule has 0 unspecified atom stereocenters. The number of rotatable bonds is 3. The topological polar surface area (TPSA) is 54.3 Å². The maximum atomic E-state index is 11.5. The van der Waals surface area contributed by atoms with Crippen molar-refractivity contribution in [3.05, 3.63) is 69.5 Å². The third kappa shape index (κ3) is 2.67. The van der Waals surface area contributed by atoms with Crippen LogP contribution in [0.5, 0.6) is 0 Å². The number of hydrogen-bond acceptors (Lipinski definition) is 4. The van der Waals surface area contributed by atoms with E-state index in [1.54, 1.807) is 6.07 Å². The molecule has 2 aromatic carbocycles. The van der Waals surface area contributed by atoms with Crippen molar-refractivity contribution < 1.29 is 4.42 Å². The average molecular weight is 331 g/mol. The lowest BCUT2D eigenvalue weighted by atomic mass is 10.2.